The summed E-state index contributed by atoms with van der Waals surface area (Å²) >= 11 is 0. The molecule has 0 aliphatic heterocycles. The summed E-state index contributed by atoms with van der Waals surface area (Å²) in [5.74, 6) is -1.15. The van der Waals surface area contributed by atoms with Crippen LogP contribution in [0, 0.1) is 38.9 Å². The van der Waals surface area contributed by atoms with E-state index in [1.807, 2.05) is 20.8 Å². The third kappa shape index (κ3) is 2.70. The van der Waals surface area contributed by atoms with E-state index in [0.29, 0.717) is 37.0 Å². The smallest absolute Gasteiger partial charge is 0.321 e. The van der Waals surface area contributed by atoms with Gasteiger partial charge in [0.1, 0.15) is 18.1 Å². The van der Waals surface area contributed by atoms with Crippen LogP contribution in [0.25, 0.3) is 0 Å². The van der Waals surface area contributed by atoms with Gasteiger partial charge in [-0.15, -0.1) is 0 Å². The van der Waals surface area contributed by atoms with Gasteiger partial charge < -0.3 is 19.0 Å². The number of methoxy groups -OCH3 is 2. The maximum absolute atomic E-state index is 14.3. The van der Waals surface area contributed by atoms with E-state index in [9.17, 15) is 19.2 Å². The van der Waals surface area contributed by atoms with Crippen molar-refractivity contribution >= 4 is 24.0 Å². The van der Waals surface area contributed by atoms with Crippen molar-refractivity contribution < 1.29 is 33.4 Å². The Hall–Kier alpha value is -2.44. The Morgan fingerprint density at radius 2 is 1.69 bits per heavy atom. The molecule has 0 saturated heterocycles. The zero-order valence-corrected chi connectivity index (χ0v) is 23.1. The number of carbonyl (C=O) groups is 4. The van der Waals surface area contributed by atoms with Crippen LogP contribution in [0.2, 0.25) is 0 Å². The van der Waals surface area contributed by atoms with Crippen molar-refractivity contribution in [3.63, 3.8) is 0 Å². The quantitative estimate of drug-likeness (QED) is 0.241. The molecule has 2 saturated carbocycles. The lowest BCUT2D eigenvalue weighted by molar-refractivity contribution is -0.217. The van der Waals surface area contributed by atoms with E-state index in [2.05, 4.69) is 19.9 Å². The summed E-state index contributed by atoms with van der Waals surface area (Å²) in [6, 6.07) is 0. The number of allylic oxidation sites excluding steroid dienone is 3. The van der Waals surface area contributed by atoms with Gasteiger partial charge in [-0.05, 0) is 63.7 Å². The molecule has 7 atom stereocenters. The number of ketones is 1. The van der Waals surface area contributed by atoms with Gasteiger partial charge in [-0.25, -0.2) is 0 Å². The minimum Gasteiger partial charge on any atom is -0.500 e. The van der Waals surface area contributed by atoms with E-state index in [4.69, 9.17) is 14.2 Å². The molecular formula is C29H40O7. The van der Waals surface area contributed by atoms with Crippen LogP contribution in [-0.4, -0.2) is 44.3 Å². The van der Waals surface area contributed by atoms with Gasteiger partial charge in [0.15, 0.2) is 11.2 Å². The normalized spacial score (nSPS) is 43.0. The Kier molecular flexibility index (Phi) is 5.94. The predicted octanol–water partition coefficient (Wildman–Crippen LogP) is 4.58. The average molecular weight is 501 g/mol. The summed E-state index contributed by atoms with van der Waals surface area (Å²) in [5, 5.41) is 0. The highest BCUT2D eigenvalue weighted by molar-refractivity contribution is 6.17. The number of hydrogen-bond donors (Lipinski definition) is 0. The highest BCUT2D eigenvalue weighted by Crippen LogP contribution is 2.77. The first-order valence-corrected chi connectivity index (χ1v) is 12.9. The summed E-state index contributed by atoms with van der Waals surface area (Å²) in [6.45, 7) is 13.1. The molecule has 0 amide bonds. The second-order valence-corrected chi connectivity index (χ2v) is 12.4. The van der Waals surface area contributed by atoms with Gasteiger partial charge in [0.25, 0.3) is 0 Å². The molecule has 0 N–H and O–H groups in total. The lowest BCUT2D eigenvalue weighted by Crippen LogP contribution is -2.70. The zero-order valence-electron chi connectivity index (χ0n) is 23.1. The summed E-state index contributed by atoms with van der Waals surface area (Å²) in [6.07, 6.45) is 5.11. The topological polar surface area (TPSA) is 96.0 Å². The van der Waals surface area contributed by atoms with Crippen LogP contribution in [0.15, 0.2) is 23.0 Å². The first-order chi connectivity index (χ1) is 16.7. The molecule has 0 spiro atoms. The highest BCUT2D eigenvalue weighted by Gasteiger charge is 2.81. The second-order valence-electron chi connectivity index (χ2n) is 12.4. The van der Waals surface area contributed by atoms with Crippen molar-refractivity contribution in [1.29, 1.82) is 0 Å². The van der Waals surface area contributed by atoms with Gasteiger partial charge in [0.2, 0.25) is 0 Å². The summed E-state index contributed by atoms with van der Waals surface area (Å²) in [5.41, 5.74) is -3.48. The van der Waals surface area contributed by atoms with Crippen LogP contribution in [0.3, 0.4) is 0 Å². The fourth-order valence-corrected chi connectivity index (χ4v) is 9.35. The second kappa shape index (κ2) is 8.03. The van der Waals surface area contributed by atoms with Crippen LogP contribution in [0.5, 0.6) is 0 Å². The maximum atomic E-state index is 14.3. The highest BCUT2D eigenvalue weighted by atomic mass is 16.5. The SMILES string of the molecule is COC(=O)[C@@]12C(=O)C(C)=C(OC)[C@]1(C)C(C)=CC1[C@]3(C=O)CC[C@H](OC(C)=O)C(C)(C)C3CC[C@@]12C. The molecule has 2 fully saturated rings. The Bertz CT molecular complexity index is 1100. The van der Waals surface area contributed by atoms with Crippen molar-refractivity contribution in [3.8, 4) is 0 Å². The third-order valence-corrected chi connectivity index (χ3v) is 10.9. The number of carbonyl (C=O) groups excluding carboxylic acids is 4. The van der Waals surface area contributed by atoms with E-state index in [1.165, 1.54) is 21.1 Å². The molecule has 7 nitrogen and oxygen atoms in total. The minimum absolute atomic E-state index is 0.0887. The van der Waals surface area contributed by atoms with Gasteiger partial charge in [0.05, 0.1) is 19.6 Å². The fourth-order valence-electron chi connectivity index (χ4n) is 9.35. The van der Waals surface area contributed by atoms with Gasteiger partial charge >= 0.3 is 11.9 Å². The minimum atomic E-state index is -1.55. The monoisotopic (exact) mass is 500 g/mol. The summed E-state index contributed by atoms with van der Waals surface area (Å²) < 4.78 is 17.0. The van der Waals surface area contributed by atoms with Crippen molar-refractivity contribution in [3.05, 3.63) is 23.0 Å². The molecule has 0 heterocycles. The summed E-state index contributed by atoms with van der Waals surface area (Å²) in [7, 11) is 2.86. The number of Topliss-reactive ketones (excluding diaryl/α,β-unsaturated/α-hetero) is 1. The predicted molar refractivity (Wildman–Crippen MR) is 132 cm³/mol. The standard InChI is InChI=1S/C29H40O7/c1-16-14-20-26(6,29(24(33)35-9)22(32)17(2)23(34-8)27(16,29)7)12-10-19-25(4,5)21(36-18(3)31)11-13-28(19,20)15-30/h14-15,19-21H,10-13H2,1-9H3/t19?,20?,21-,26-,27-,28-,29+/m0/s1. The van der Waals surface area contributed by atoms with E-state index in [1.54, 1.807) is 6.92 Å². The van der Waals surface area contributed by atoms with Gasteiger partial charge in [-0.1, -0.05) is 32.4 Å². The third-order valence-electron chi connectivity index (χ3n) is 10.9. The van der Waals surface area contributed by atoms with E-state index in [-0.39, 0.29) is 29.7 Å². The van der Waals surface area contributed by atoms with Gasteiger partial charge in [-0.3, -0.25) is 14.4 Å². The number of rotatable bonds is 4. The van der Waals surface area contributed by atoms with E-state index < -0.39 is 33.0 Å². The molecule has 0 bridgehead atoms. The molecule has 2 unspecified atom stereocenters. The first kappa shape index (κ1) is 26.6. The van der Waals surface area contributed by atoms with Crippen LogP contribution in [0.4, 0.5) is 0 Å². The fraction of sp³-hybridized carbons (Fsp3) is 0.724. The van der Waals surface area contributed by atoms with E-state index >= 15 is 0 Å². The number of ether oxygens (including phenoxy) is 3. The number of aldehydes is 1. The first-order valence-electron chi connectivity index (χ1n) is 12.9. The number of hydrogen-bond acceptors (Lipinski definition) is 7. The molecule has 4 aliphatic carbocycles. The lowest BCUT2D eigenvalue weighted by atomic mass is 9.33. The maximum Gasteiger partial charge on any atom is 0.321 e. The molecule has 0 aromatic rings. The largest absolute Gasteiger partial charge is 0.500 e. The Morgan fingerprint density at radius 3 is 2.22 bits per heavy atom. The molecule has 7 heteroatoms. The average Bonchev–Trinajstić information content (AvgIpc) is 3.00. The Morgan fingerprint density at radius 1 is 1.06 bits per heavy atom. The van der Waals surface area contributed by atoms with Crippen molar-refractivity contribution in [1.82, 2.24) is 0 Å². The van der Waals surface area contributed by atoms with Crippen LogP contribution < -0.4 is 0 Å². The lowest BCUT2D eigenvalue weighted by Gasteiger charge is -2.68. The summed E-state index contributed by atoms with van der Waals surface area (Å²) in [4.78, 5) is 53.3. The van der Waals surface area contributed by atoms with Gasteiger partial charge in [-0.2, -0.15) is 0 Å². The van der Waals surface area contributed by atoms with Crippen molar-refractivity contribution in [2.75, 3.05) is 14.2 Å². The molecular weight excluding hydrogens is 460 g/mol. The number of fused-ring (bicyclic) bond motifs is 5. The Labute approximate surface area is 214 Å². The molecule has 198 valence electrons. The van der Waals surface area contributed by atoms with Crippen molar-refractivity contribution in [2.24, 2.45) is 38.9 Å². The van der Waals surface area contributed by atoms with Crippen molar-refractivity contribution in [2.45, 2.75) is 80.3 Å². The van der Waals surface area contributed by atoms with Crippen LogP contribution in [0.1, 0.15) is 74.1 Å². The van der Waals surface area contributed by atoms with Crippen LogP contribution >= 0.6 is 0 Å². The molecule has 0 aromatic heterocycles. The van der Waals surface area contributed by atoms with Crippen LogP contribution in [-0.2, 0) is 33.4 Å². The molecule has 4 rings (SSSR count). The molecule has 0 radical (unpaired) electrons. The molecule has 4 aliphatic rings. The molecule has 36 heavy (non-hydrogen) atoms. The molecule has 0 aromatic carbocycles. The van der Waals surface area contributed by atoms with E-state index in [0.717, 1.165) is 11.9 Å². The number of esters is 2. The Balaban J connectivity index is 2.00. The zero-order chi connectivity index (χ0) is 27.1. The van der Waals surface area contributed by atoms with Gasteiger partial charge in [0, 0.05) is 23.3 Å².